The molecule has 0 aliphatic carbocycles. The molecule has 1 aromatic heterocycles. The molecule has 0 spiro atoms. The van der Waals surface area contributed by atoms with Crippen LogP contribution in [0.25, 0.3) is 16.7 Å². The van der Waals surface area contributed by atoms with Gasteiger partial charge in [-0.3, -0.25) is 4.57 Å². The average molecular weight is 307 g/mol. The van der Waals surface area contributed by atoms with Crippen molar-refractivity contribution in [2.45, 2.75) is 0 Å². The number of benzene rings is 2. The van der Waals surface area contributed by atoms with E-state index < -0.39 is 5.97 Å². The summed E-state index contributed by atoms with van der Waals surface area (Å²) in [6.07, 6.45) is 1.62. The molecule has 0 unspecified atom stereocenters. The van der Waals surface area contributed by atoms with E-state index in [0.717, 1.165) is 11.2 Å². The first-order valence-electron chi connectivity index (χ1n) is 5.72. The topological polar surface area (TPSA) is 55.1 Å². The molecule has 20 heavy (non-hydrogen) atoms. The van der Waals surface area contributed by atoms with Gasteiger partial charge in [0.15, 0.2) is 0 Å². The minimum Gasteiger partial charge on any atom is -0.478 e. The molecular formula is C14H8Cl2N2O2. The maximum Gasteiger partial charge on any atom is 0.335 e. The first-order chi connectivity index (χ1) is 9.56. The fourth-order valence-electron chi connectivity index (χ4n) is 1.99. The van der Waals surface area contributed by atoms with Gasteiger partial charge >= 0.3 is 5.97 Å². The Morgan fingerprint density at radius 3 is 2.60 bits per heavy atom. The Hall–Kier alpha value is -2.04. The van der Waals surface area contributed by atoms with Gasteiger partial charge in [-0.05, 0) is 36.4 Å². The molecule has 3 rings (SSSR count). The molecular weight excluding hydrogens is 299 g/mol. The molecule has 3 aromatic rings. The smallest absolute Gasteiger partial charge is 0.335 e. The first-order valence-corrected chi connectivity index (χ1v) is 6.47. The molecule has 1 N–H and O–H groups in total. The number of aromatic nitrogens is 2. The number of nitrogens with zero attached hydrogens (tertiary/aromatic N) is 2. The van der Waals surface area contributed by atoms with Crippen molar-refractivity contribution in [3.05, 3.63) is 58.3 Å². The zero-order valence-electron chi connectivity index (χ0n) is 10.0. The van der Waals surface area contributed by atoms with E-state index in [9.17, 15) is 4.79 Å². The van der Waals surface area contributed by atoms with Crippen LogP contribution in [0, 0.1) is 0 Å². The van der Waals surface area contributed by atoms with Crippen molar-refractivity contribution < 1.29 is 9.90 Å². The largest absolute Gasteiger partial charge is 0.478 e. The van der Waals surface area contributed by atoms with Crippen LogP contribution in [0.1, 0.15) is 10.4 Å². The zero-order chi connectivity index (χ0) is 14.3. The molecule has 6 heteroatoms. The molecule has 0 saturated heterocycles. The highest BCUT2D eigenvalue weighted by molar-refractivity contribution is 6.42. The lowest BCUT2D eigenvalue weighted by atomic mass is 10.2. The highest BCUT2D eigenvalue weighted by Gasteiger charge is 2.09. The summed E-state index contributed by atoms with van der Waals surface area (Å²) < 4.78 is 1.82. The minimum absolute atomic E-state index is 0.205. The predicted octanol–water partition coefficient (Wildman–Crippen LogP) is 4.03. The van der Waals surface area contributed by atoms with Gasteiger partial charge in [0, 0.05) is 5.69 Å². The lowest BCUT2D eigenvalue weighted by Gasteiger charge is -2.06. The Kier molecular flexibility index (Phi) is 3.12. The van der Waals surface area contributed by atoms with Gasteiger partial charge in [0.05, 0.1) is 26.6 Å². The summed E-state index contributed by atoms with van der Waals surface area (Å²) in [5.74, 6) is -0.976. The van der Waals surface area contributed by atoms with E-state index in [1.54, 1.807) is 30.6 Å². The van der Waals surface area contributed by atoms with Gasteiger partial charge in [0.25, 0.3) is 0 Å². The lowest BCUT2D eigenvalue weighted by Crippen LogP contribution is -1.96. The summed E-state index contributed by atoms with van der Waals surface area (Å²) in [4.78, 5) is 15.2. The molecule has 0 amide bonds. The molecule has 1 heterocycles. The van der Waals surface area contributed by atoms with Crippen molar-refractivity contribution in [2.24, 2.45) is 0 Å². The van der Waals surface area contributed by atoms with Gasteiger partial charge < -0.3 is 5.11 Å². The molecule has 0 aliphatic rings. The molecule has 100 valence electrons. The van der Waals surface area contributed by atoms with Crippen LogP contribution in [-0.2, 0) is 0 Å². The second-order valence-electron chi connectivity index (χ2n) is 4.22. The summed E-state index contributed by atoms with van der Waals surface area (Å²) in [6.45, 7) is 0. The molecule has 0 radical (unpaired) electrons. The second-order valence-corrected chi connectivity index (χ2v) is 5.04. The van der Waals surface area contributed by atoms with E-state index in [0.29, 0.717) is 15.6 Å². The maximum atomic E-state index is 10.9. The van der Waals surface area contributed by atoms with E-state index >= 15 is 0 Å². The van der Waals surface area contributed by atoms with Crippen molar-refractivity contribution in [3.63, 3.8) is 0 Å². The Labute approximate surface area is 124 Å². The van der Waals surface area contributed by atoms with Crippen LogP contribution in [0.2, 0.25) is 10.0 Å². The van der Waals surface area contributed by atoms with Crippen molar-refractivity contribution in [3.8, 4) is 5.69 Å². The van der Waals surface area contributed by atoms with Crippen LogP contribution in [-0.4, -0.2) is 20.6 Å². The second kappa shape index (κ2) is 4.81. The standard InChI is InChI=1S/C14H8Cl2N2O2/c15-10-3-2-9(6-11(10)16)18-7-17-12-5-8(14(19)20)1-4-13(12)18/h1-7H,(H,19,20). The number of carbonyl (C=O) groups is 1. The fourth-order valence-corrected chi connectivity index (χ4v) is 2.28. The van der Waals surface area contributed by atoms with E-state index in [2.05, 4.69) is 4.98 Å². The maximum absolute atomic E-state index is 10.9. The van der Waals surface area contributed by atoms with Crippen LogP contribution < -0.4 is 0 Å². The quantitative estimate of drug-likeness (QED) is 0.777. The molecule has 2 aromatic carbocycles. The molecule has 4 nitrogen and oxygen atoms in total. The predicted molar refractivity (Wildman–Crippen MR) is 78.0 cm³/mol. The number of hydrogen-bond acceptors (Lipinski definition) is 2. The summed E-state index contributed by atoms with van der Waals surface area (Å²) in [5, 5.41) is 9.90. The van der Waals surface area contributed by atoms with Crippen molar-refractivity contribution in [2.75, 3.05) is 0 Å². The zero-order valence-corrected chi connectivity index (χ0v) is 11.6. The van der Waals surface area contributed by atoms with Gasteiger partial charge in [-0.15, -0.1) is 0 Å². The van der Waals surface area contributed by atoms with Gasteiger partial charge in [-0.1, -0.05) is 23.2 Å². The third kappa shape index (κ3) is 2.13. The third-order valence-electron chi connectivity index (χ3n) is 2.98. The third-order valence-corrected chi connectivity index (χ3v) is 3.71. The molecule has 0 saturated carbocycles. The van der Waals surface area contributed by atoms with Gasteiger partial charge in [0.1, 0.15) is 6.33 Å². The molecule has 0 fully saturated rings. The SMILES string of the molecule is O=C(O)c1ccc2c(c1)ncn2-c1ccc(Cl)c(Cl)c1. The van der Waals surface area contributed by atoms with E-state index in [1.165, 1.54) is 6.07 Å². The van der Waals surface area contributed by atoms with Gasteiger partial charge in [0.2, 0.25) is 0 Å². The van der Waals surface area contributed by atoms with Crippen LogP contribution in [0.5, 0.6) is 0 Å². The summed E-state index contributed by atoms with van der Waals surface area (Å²) in [6, 6.07) is 10.0. The van der Waals surface area contributed by atoms with Crippen LogP contribution >= 0.6 is 23.2 Å². The highest BCUT2D eigenvalue weighted by atomic mass is 35.5. The van der Waals surface area contributed by atoms with Crippen molar-refractivity contribution >= 4 is 40.2 Å². The summed E-state index contributed by atoms with van der Waals surface area (Å²) in [7, 11) is 0. The highest BCUT2D eigenvalue weighted by Crippen LogP contribution is 2.26. The van der Waals surface area contributed by atoms with Gasteiger partial charge in [-0.2, -0.15) is 0 Å². The van der Waals surface area contributed by atoms with E-state index in [-0.39, 0.29) is 5.56 Å². The number of imidazole rings is 1. The Morgan fingerprint density at radius 1 is 1.10 bits per heavy atom. The average Bonchev–Trinajstić information content (AvgIpc) is 2.84. The number of rotatable bonds is 2. The number of fused-ring (bicyclic) bond motifs is 1. The number of aromatic carboxylic acids is 1. The van der Waals surface area contributed by atoms with Gasteiger partial charge in [-0.25, -0.2) is 9.78 Å². The molecule has 0 atom stereocenters. The first kappa shape index (κ1) is 13.0. The normalized spacial score (nSPS) is 10.9. The summed E-state index contributed by atoms with van der Waals surface area (Å²) >= 11 is 11.9. The Balaban J connectivity index is 2.17. The van der Waals surface area contributed by atoms with Crippen LogP contribution in [0.3, 0.4) is 0 Å². The summed E-state index contributed by atoms with van der Waals surface area (Å²) in [5.41, 5.74) is 2.42. The lowest BCUT2D eigenvalue weighted by molar-refractivity contribution is 0.0697. The molecule has 0 bridgehead atoms. The van der Waals surface area contributed by atoms with Crippen molar-refractivity contribution in [1.29, 1.82) is 0 Å². The van der Waals surface area contributed by atoms with E-state index in [4.69, 9.17) is 28.3 Å². The number of carboxylic acid groups (broad SMARTS) is 1. The van der Waals surface area contributed by atoms with E-state index in [1.807, 2.05) is 10.6 Å². The number of hydrogen-bond donors (Lipinski definition) is 1. The van der Waals surface area contributed by atoms with Crippen LogP contribution in [0.15, 0.2) is 42.7 Å². The Bertz CT molecular complexity index is 827. The number of carboxylic acids is 1. The fraction of sp³-hybridized carbons (Fsp3) is 0. The Morgan fingerprint density at radius 2 is 1.90 bits per heavy atom. The monoisotopic (exact) mass is 306 g/mol. The number of halogens is 2. The minimum atomic E-state index is -0.976. The van der Waals surface area contributed by atoms with Crippen molar-refractivity contribution in [1.82, 2.24) is 9.55 Å². The molecule has 0 aliphatic heterocycles. The van der Waals surface area contributed by atoms with Crippen LogP contribution in [0.4, 0.5) is 0 Å².